The molecule has 0 amide bonds. The Bertz CT molecular complexity index is 900. The zero-order chi connectivity index (χ0) is 19.7. The van der Waals surface area contributed by atoms with Crippen LogP contribution in [0.4, 0.5) is 5.69 Å². The average Bonchev–Trinajstić information content (AvgIpc) is 2.46. The number of aryl methyl sites for hydroxylation is 2. The van der Waals surface area contributed by atoms with Gasteiger partial charge in [-0.1, -0.05) is 45.0 Å². The van der Waals surface area contributed by atoms with E-state index in [4.69, 9.17) is 0 Å². The Labute approximate surface area is 155 Å². The van der Waals surface area contributed by atoms with E-state index in [-0.39, 0.29) is 16.7 Å². The summed E-state index contributed by atoms with van der Waals surface area (Å²) in [5.74, 6) is -1.18. The van der Waals surface area contributed by atoms with Crippen LogP contribution in [0.15, 0.2) is 41.3 Å². The number of carboxylic acid groups (broad SMARTS) is 1. The third-order valence-corrected chi connectivity index (χ3v) is 5.84. The second-order valence-electron chi connectivity index (χ2n) is 7.54. The van der Waals surface area contributed by atoms with Crippen LogP contribution in [0.3, 0.4) is 0 Å². The van der Waals surface area contributed by atoms with Crippen LogP contribution < -0.4 is 9.83 Å². The van der Waals surface area contributed by atoms with Crippen molar-refractivity contribution in [2.75, 3.05) is 4.72 Å². The standard InChI is InChI=1S/C20H25NO4S/c1-13-10-16(20(3,4)5)11-14(2)19(13)26(24,25)21-17-8-6-15(7-9-17)12-18(22)23/h6-11,21H,12H2,1-5H3,(H,22,23)/p-1. The van der Waals surface area contributed by atoms with Gasteiger partial charge in [0.25, 0.3) is 10.0 Å². The van der Waals surface area contributed by atoms with Gasteiger partial charge in [-0.3, -0.25) is 4.72 Å². The van der Waals surface area contributed by atoms with Gasteiger partial charge in [-0.2, -0.15) is 0 Å². The summed E-state index contributed by atoms with van der Waals surface area (Å²) in [7, 11) is -3.75. The zero-order valence-electron chi connectivity index (χ0n) is 15.7. The predicted octanol–water partition coefficient (Wildman–Crippen LogP) is 2.69. The minimum absolute atomic E-state index is 0.0694. The minimum Gasteiger partial charge on any atom is -0.550 e. The Balaban J connectivity index is 2.34. The fourth-order valence-electron chi connectivity index (χ4n) is 2.87. The lowest BCUT2D eigenvalue weighted by Crippen LogP contribution is -2.24. The van der Waals surface area contributed by atoms with Crippen LogP contribution in [-0.4, -0.2) is 14.4 Å². The molecule has 0 aliphatic carbocycles. The van der Waals surface area contributed by atoms with Gasteiger partial charge < -0.3 is 9.90 Å². The molecule has 0 bridgehead atoms. The molecule has 0 aliphatic heterocycles. The van der Waals surface area contributed by atoms with E-state index >= 15 is 0 Å². The van der Waals surface area contributed by atoms with E-state index in [0.29, 0.717) is 22.4 Å². The van der Waals surface area contributed by atoms with Gasteiger partial charge in [0.15, 0.2) is 0 Å². The molecule has 0 fully saturated rings. The molecule has 2 aromatic rings. The Morgan fingerprint density at radius 3 is 1.96 bits per heavy atom. The minimum atomic E-state index is -3.75. The molecule has 0 saturated carbocycles. The Morgan fingerprint density at radius 1 is 1.04 bits per heavy atom. The number of carbonyl (C=O) groups excluding carboxylic acids is 1. The Kier molecular flexibility index (Phi) is 5.47. The van der Waals surface area contributed by atoms with Crippen molar-refractivity contribution in [1.29, 1.82) is 0 Å². The van der Waals surface area contributed by atoms with Crippen LogP contribution in [0.1, 0.15) is 43.0 Å². The highest BCUT2D eigenvalue weighted by Gasteiger charge is 2.23. The molecule has 2 rings (SSSR count). The molecule has 140 valence electrons. The number of aliphatic carboxylic acids is 1. The first-order valence-electron chi connectivity index (χ1n) is 8.33. The molecule has 0 saturated heterocycles. The number of benzene rings is 2. The van der Waals surface area contributed by atoms with Crippen molar-refractivity contribution < 1.29 is 18.3 Å². The maximum absolute atomic E-state index is 12.9. The molecule has 2 aromatic carbocycles. The van der Waals surface area contributed by atoms with Gasteiger partial charge >= 0.3 is 0 Å². The third-order valence-electron chi connectivity index (χ3n) is 4.15. The second-order valence-corrected chi connectivity index (χ2v) is 9.16. The quantitative estimate of drug-likeness (QED) is 0.872. The summed E-state index contributed by atoms with van der Waals surface area (Å²) in [4.78, 5) is 10.9. The highest BCUT2D eigenvalue weighted by atomic mass is 32.2. The monoisotopic (exact) mass is 374 g/mol. The van der Waals surface area contributed by atoms with Crippen LogP contribution in [0.5, 0.6) is 0 Å². The fourth-order valence-corrected chi connectivity index (χ4v) is 4.38. The Hall–Kier alpha value is -2.34. The first-order valence-corrected chi connectivity index (χ1v) is 9.82. The van der Waals surface area contributed by atoms with Crippen molar-refractivity contribution in [3.63, 3.8) is 0 Å². The molecule has 0 spiro atoms. The van der Waals surface area contributed by atoms with Crippen molar-refractivity contribution in [3.05, 3.63) is 58.7 Å². The average molecular weight is 374 g/mol. The molecular weight excluding hydrogens is 350 g/mol. The van der Waals surface area contributed by atoms with Gasteiger partial charge in [-0.15, -0.1) is 0 Å². The maximum atomic E-state index is 12.9. The van der Waals surface area contributed by atoms with E-state index in [1.54, 1.807) is 38.1 Å². The van der Waals surface area contributed by atoms with Crippen LogP contribution in [-0.2, 0) is 26.7 Å². The van der Waals surface area contributed by atoms with Crippen LogP contribution >= 0.6 is 0 Å². The number of carboxylic acids is 1. The van der Waals surface area contributed by atoms with E-state index in [0.717, 1.165) is 5.56 Å². The van der Waals surface area contributed by atoms with Crippen molar-refractivity contribution in [2.24, 2.45) is 0 Å². The van der Waals surface area contributed by atoms with Crippen molar-refractivity contribution in [1.82, 2.24) is 0 Å². The van der Waals surface area contributed by atoms with E-state index in [9.17, 15) is 18.3 Å². The highest BCUT2D eigenvalue weighted by molar-refractivity contribution is 7.92. The molecule has 0 aliphatic rings. The summed E-state index contributed by atoms with van der Waals surface area (Å²) in [5.41, 5.74) is 3.32. The molecular formula is C20H24NO4S-. The third kappa shape index (κ3) is 4.64. The molecule has 0 radical (unpaired) electrons. The van der Waals surface area contributed by atoms with Gasteiger partial charge in [0, 0.05) is 18.1 Å². The lowest BCUT2D eigenvalue weighted by molar-refractivity contribution is -0.304. The molecule has 6 heteroatoms. The van der Waals surface area contributed by atoms with Crippen LogP contribution in [0.25, 0.3) is 0 Å². The van der Waals surface area contributed by atoms with E-state index in [2.05, 4.69) is 25.5 Å². The summed E-state index contributed by atoms with van der Waals surface area (Å²) in [5, 5.41) is 10.6. The number of carbonyl (C=O) groups is 1. The van der Waals surface area contributed by atoms with Gasteiger partial charge in [0.1, 0.15) is 0 Å². The van der Waals surface area contributed by atoms with Crippen LogP contribution in [0, 0.1) is 13.8 Å². The van der Waals surface area contributed by atoms with Gasteiger partial charge in [-0.25, -0.2) is 8.42 Å². The molecule has 5 nitrogen and oxygen atoms in total. The molecule has 0 heterocycles. The Morgan fingerprint density at radius 2 is 1.54 bits per heavy atom. The number of rotatable bonds is 5. The summed E-state index contributed by atoms with van der Waals surface area (Å²) in [6.45, 7) is 9.84. The smallest absolute Gasteiger partial charge is 0.262 e. The topological polar surface area (TPSA) is 86.3 Å². The van der Waals surface area contributed by atoms with Gasteiger partial charge in [-0.05, 0) is 53.6 Å². The number of sulfonamides is 1. The maximum Gasteiger partial charge on any atom is 0.262 e. The van der Waals surface area contributed by atoms with Crippen LogP contribution in [0.2, 0.25) is 0 Å². The summed E-state index contributed by atoms with van der Waals surface area (Å²) >= 11 is 0. The highest BCUT2D eigenvalue weighted by Crippen LogP contribution is 2.30. The summed E-state index contributed by atoms with van der Waals surface area (Å²) < 4.78 is 28.3. The first kappa shape index (κ1) is 20.0. The molecule has 0 unspecified atom stereocenters. The molecule has 0 aromatic heterocycles. The fraction of sp³-hybridized carbons (Fsp3) is 0.350. The zero-order valence-corrected chi connectivity index (χ0v) is 16.5. The van der Waals surface area contributed by atoms with E-state index < -0.39 is 16.0 Å². The SMILES string of the molecule is Cc1cc(C(C)(C)C)cc(C)c1S(=O)(=O)Nc1ccc(CC(=O)[O-])cc1. The lowest BCUT2D eigenvalue weighted by atomic mass is 9.85. The summed E-state index contributed by atoms with van der Waals surface area (Å²) in [6, 6.07) is 10.0. The number of hydrogen-bond donors (Lipinski definition) is 1. The predicted molar refractivity (Wildman–Crippen MR) is 101 cm³/mol. The van der Waals surface area contributed by atoms with E-state index in [1.165, 1.54) is 0 Å². The molecule has 0 atom stereocenters. The number of anilines is 1. The number of hydrogen-bond acceptors (Lipinski definition) is 4. The van der Waals surface area contributed by atoms with Crippen molar-refractivity contribution in [2.45, 2.75) is 51.3 Å². The number of nitrogens with one attached hydrogen (secondary N) is 1. The normalized spacial score (nSPS) is 12.0. The molecule has 26 heavy (non-hydrogen) atoms. The van der Waals surface area contributed by atoms with Gasteiger partial charge in [0.05, 0.1) is 4.90 Å². The second kappa shape index (κ2) is 7.11. The van der Waals surface area contributed by atoms with Crippen molar-refractivity contribution in [3.8, 4) is 0 Å². The van der Waals surface area contributed by atoms with E-state index in [1.807, 2.05) is 12.1 Å². The van der Waals surface area contributed by atoms with Gasteiger partial charge in [0.2, 0.25) is 0 Å². The lowest BCUT2D eigenvalue weighted by Gasteiger charge is -2.22. The first-order chi connectivity index (χ1) is 11.9. The molecule has 1 N–H and O–H groups in total. The largest absolute Gasteiger partial charge is 0.550 e. The summed E-state index contributed by atoms with van der Waals surface area (Å²) in [6.07, 6.45) is -0.209. The van der Waals surface area contributed by atoms with Crippen molar-refractivity contribution >= 4 is 21.7 Å².